The summed E-state index contributed by atoms with van der Waals surface area (Å²) in [5.41, 5.74) is 1.71. The van der Waals surface area contributed by atoms with Gasteiger partial charge in [0, 0.05) is 5.69 Å². The van der Waals surface area contributed by atoms with Gasteiger partial charge in [0.2, 0.25) is 10.0 Å². The molecule has 0 bridgehead atoms. The molecule has 0 aliphatic carbocycles. The Morgan fingerprint density at radius 2 is 1.60 bits per heavy atom. The largest absolute Gasteiger partial charge is 0.497 e. The Hall–Kier alpha value is -2.91. The maximum absolute atomic E-state index is 12.4. The Bertz CT molecular complexity index is 972. The quantitative estimate of drug-likeness (QED) is 0.587. The summed E-state index contributed by atoms with van der Waals surface area (Å²) in [6, 6.07) is 11.8. The molecule has 1 amide bonds. The Balaban J connectivity index is 1.93. The first-order chi connectivity index (χ1) is 14.2. The predicted molar refractivity (Wildman–Crippen MR) is 113 cm³/mol. The van der Waals surface area contributed by atoms with Crippen molar-refractivity contribution in [2.75, 3.05) is 12.4 Å². The fraction of sp³-hybridized carbons (Fsp3) is 0.333. The normalized spacial score (nSPS) is 13.2. The fourth-order valence-corrected chi connectivity index (χ4v) is 3.69. The number of amides is 1. The number of ether oxygens (including phenoxy) is 2. The molecule has 0 aliphatic heterocycles. The Morgan fingerprint density at radius 1 is 1.00 bits per heavy atom. The molecule has 0 aromatic heterocycles. The van der Waals surface area contributed by atoms with Gasteiger partial charge < -0.3 is 14.8 Å². The van der Waals surface area contributed by atoms with Crippen LogP contribution in [0.4, 0.5) is 5.69 Å². The summed E-state index contributed by atoms with van der Waals surface area (Å²) in [6.45, 7) is 4.79. The van der Waals surface area contributed by atoms with E-state index in [2.05, 4.69) is 10.0 Å². The summed E-state index contributed by atoms with van der Waals surface area (Å²) in [5.74, 6) is -0.876. The van der Waals surface area contributed by atoms with Gasteiger partial charge in [-0.05, 0) is 62.2 Å². The van der Waals surface area contributed by atoms with Gasteiger partial charge in [-0.1, -0.05) is 19.1 Å². The summed E-state index contributed by atoms with van der Waals surface area (Å²) in [4.78, 5) is 24.5. The predicted octanol–water partition coefficient (Wildman–Crippen LogP) is 2.49. The average molecular weight is 435 g/mol. The van der Waals surface area contributed by atoms with E-state index < -0.39 is 34.0 Å². The van der Waals surface area contributed by atoms with Gasteiger partial charge in [0.15, 0.2) is 6.10 Å². The lowest BCUT2D eigenvalue weighted by molar-refractivity contribution is -0.154. The van der Waals surface area contributed by atoms with Crippen LogP contribution in [0.2, 0.25) is 0 Å². The summed E-state index contributed by atoms with van der Waals surface area (Å²) < 4.78 is 37.2. The summed E-state index contributed by atoms with van der Waals surface area (Å²) in [6.07, 6.45) is -0.219. The first-order valence-corrected chi connectivity index (χ1v) is 10.9. The standard InChI is InChI=1S/C21H26N2O6S/c1-5-16-6-8-17(9-7-16)22-20(24)15(3)29-21(25)14(2)23-30(26,27)19-12-10-18(28-4)11-13-19/h6-15,23H,5H2,1-4H3,(H,22,24)/t14-,15+/m1/s1. The second-order valence-corrected chi connectivity index (χ2v) is 8.35. The minimum absolute atomic E-state index is 0.0238. The minimum atomic E-state index is -3.95. The van der Waals surface area contributed by atoms with E-state index in [-0.39, 0.29) is 4.90 Å². The van der Waals surface area contributed by atoms with Crippen molar-refractivity contribution in [1.29, 1.82) is 0 Å². The van der Waals surface area contributed by atoms with Crippen molar-refractivity contribution in [3.63, 3.8) is 0 Å². The van der Waals surface area contributed by atoms with Crippen molar-refractivity contribution in [1.82, 2.24) is 4.72 Å². The highest BCUT2D eigenvalue weighted by atomic mass is 32.2. The number of hydrogen-bond acceptors (Lipinski definition) is 6. The van der Waals surface area contributed by atoms with Crippen molar-refractivity contribution in [2.45, 2.75) is 44.2 Å². The number of hydrogen-bond donors (Lipinski definition) is 2. The van der Waals surface area contributed by atoms with Crippen LogP contribution in [0.1, 0.15) is 26.3 Å². The second kappa shape index (κ2) is 10.2. The number of esters is 1. The molecule has 0 unspecified atom stereocenters. The number of sulfonamides is 1. The van der Waals surface area contributed by atoms with Gasteiger partial charge in [-0.25, -0.2) is 8.42 Å². The van der Waals surface area contributed by atoms with Crippen LogP contribution in [0.15, 0.2) is 53.4 Å². The van der Waals surface area contributed by atoms with Gasteiger partial charge in [0.1, 0.15) is 11.8 Å². The lowest BCUT2D eigenvalue weighted by atomic mass is 10.1. The van der Waals surface area contributed by atoms with Gasteiger partial charge in [-0.2, -0.15) is 4.72 Å². The maximum atomic E-state index is 12.4. The van der Waals surface area contributed by atoms with Crippen LogP contribution in [0.5, 0.6) is 5.75 Å². The van der Waals surface area contributed by atoms with E-state index in [9.17, 15) is 18.0 Å². The summed E-state index contributed by atoms with van der Waals surface area (Å²) in [7, 11) is -2.48. The molecule has 0 spiro atoms. The Labute approximate surface area is 176 Å². The van der Waals surface area contributed by atoms with Gasteiger partial charge in [0.05, 0.1) is 12.0 Å². The lowest BCUT2D eigenvalue weighted by Crippen LogP contribution is -2.42. The third kappa shape index (κ3) is 6.30. The van der Waals surface area contributed by atoms with Gasteiger partial charge in [0.25, 0.3) is 5.91 Å². The molecule has 0 saturated carbocycles. The van der Waals surface area contributed by atoms with Crippen LogP contribution in [0.3, 0.4) is 0 Å². The number of carbonyl (C=O) groups is 2. The Kier molecular flexibility index (Phi) is 7.96. The smallest absolute Gasteiger partial charge is 0.324 e. The highest BCUT2D eigenvalue weighted by molar-refractivity contribution is 7.89. The molecule has 0 aliphatic rings. The zero-order valence-electron chi connectivity index (χ0n) is 17.3. The van der Waals surface area contributed by atoms with E-state index in [0.29, 0.717) is 11.4 Å². The van der Waals surface area contributed by atoms with Crippen molar-refractivity contribution < 1.29 is 27.5 Å². The Morgan fingerprint density at radius 3 is 2.13 bits per heavy atom. The number of anilines is 1. The van der Waals surface area contributed by atoms with Crippen molar-refractivity contribution in [2.24, 2.45) is 0 Å². The molecule has 2 atom stereocenters. The van der Waals surface area contributed by atoms with Crippen LogP contribution in [-0.2, 0) is 30.8 Å². The van der Waals surface area contributed by atoms with Crippen LogP contribution in [0.25, 0.3) is 0 Å². The number of carbonyl (C=O) groups excluding carboxylic acids is 2. The number of rotatable bonds is 9. The zero-order chi connectivity index (χ0) is 22.3. The molecule has 0 heterocycles. The number of benzene rings is 2. The molecule has 30 heavy (non-hydrogen) atoms. The molecule has 9 heteroatoms. The number of methoxy groups -OCH3 is 1. The summed E-state index contributed by atoms with van der Waals surface area (Å²) >= 11 is 0. The highest BCUT2D eigenvalue weighted by Gasteiger charge is 2.26. The molecule has 8 nitrogen and oxygen atoms in total. The fourth-order valence-electron chi connectivity index (χ4n) is 2.50. The molecule has 0 radical (unpaired) electrons. The molecule has 2 rings (SSSR count). The topological polar surface area (TPSA) is 111 Å². The molecule has 0 saturated heterocycles. The van der Waals surface area contributed by atoms with Gasteiger partial charge in [-0.3, -0.25) is 9.59 Å². The van der Waals surface area contributed by atoms with E-state index in [1.807, 2.05) is 19.1 Å². The first-order valence-electron chi connectivity index (χ1n) is 9.43. The molecule has 162 valence electrons. The van der Waals surface area contributed by atoms with Gasteiger partial charge >= 0.3 is 5.97 Å². The van der Waals surface area contributed by atoms with Crippen molar-refractivity contribution in [3.05, 3.63) is 54.1 Å². The molecular weight excluding hydrogens is 408 g/mol. The van der Waals surface area contributed by atoms with Crippen LogP contribution in [0, 0.1) is 0 Å². The summed E-state index contributed by atoms with van der Waals surface area (Å²) in [5, 5.41) is 2.66. The van der Waals surface area contributed by atoms with Crippen molar-refractivity contribution >= 4 is 27.6 Å². The van der Waals surface area contributed by atoms with Crippen LogP contribution in [-0.4, -0.2) is 39.5 Å². The lowest BCUT2D eigenvalue weighted by Gasteiger charge is -2.18. The third-order valence-electron chi connectivity index (χ3n) is 4.35. The molecule has 2 N–H and O–H groups in total. The molecule has 2 aromatic rings. The zero-order valence-corrected chi connectivity index (χ0v) is 18.2. The molecular formula is C21H26N2O6S. The maximum Gasteiger partial charge on any atom is 0.324 e. The average Bonchev–Trinajstić information content (AvgIpc) is 2.73. The SMILES string of the molecule is CCc1ccc(NC(=O)[C@H](C)OC(=O)[C@@H](C)NS(=O)(=O)c2ccc(OC)cc2)cc1. The monoisotopic (exact) mass is 434 g/mol. The molecule has 2 aromatic carbocycles. The van der Waals surface area contributed by atoms with Crippen molar-refractivity contribution in [3.8, 4) is 5.75 Å². The van der Waals surface area contributed by atoms with E-state index in [1.54, 1.807) is 12.1 Å². The second-order valence-electron chi connectivity index (χ2n) is 6.64. The van der Waals surface area contributed by atoms with Crippen LogP contribution < -0.4 is 14.8 Å². The van der Waals surface area contributed by atoms with Gasteiger partial charge in [-0.15, -0.1) is 0 Å². The third-order valence-corrected chi connectivity index (χ3v) is 5.90. The van der Waals surface area contributed by atoms with E-state index >= 15 is 0 Å². The van der Waals surface area contributed by atoms with E-state index in [0.717, 1.165) is 12.0 Å². The number of nitrogens with one attached hydrogen (secondary N) is 2. The molecule has 0 fully saturated rings. The number of aryl methyl sites for hydroxylation is 1. The van der Waals surface area contributed by atoms with Crippen LogP contribution >= 0.6 is 0 Å². The van der Waals surface area contributed by atoms with E-state index in [4.69, 9.17) is 9.47 Å². The van der Waals surface area contributed by atoms with E-state index in [1.165, 1.54) is 45.2 Å². The first kappa shape index (κ1) is 23.4. The minimum Gasteiger partial charge on any atom is -0.497 e. The highest BCUT2D eigenvalue weighted by Crippen LogP contribution is 2.16.